The number of anilines is 1. The van der Waals surface area contributed by atoms with Gasteiger partial charge in [-0.1, -0.05) is 12.1 Å². The van der Waals surface area contributed by atoms with Crippen molar-refractivity contribution in [3.05, 3.63) is 53.5 Å². The van der Waals surface area contributed by atoms with Gasteiger partial charge in [0.05, 0.1) is 24.1 Å². The summed E-state index contributed by atoms with van der Waals surface area (Å²) in [6.45, 7) is 1.63. The van der Waals surface area contributed by atoms with Crippen molar-refractivity contribution in [2.45, 2.75) is 25.4 Å². The Balaban J connectivity index is 1.78. The number of likely N-dealkylation sites (tertiary alicyclic amines) is 1. The van der Waals surface area contributed by atoms with Gasteiger partial charge in [0.2, 0.25) is 0 Å². The van der Waals surface area contributed by atoms with Crippen molar-refractivity contribution in [2.24, 2.45) is 0 Å². The van der Waals surface area contributed by atoms with Gasteiger partial charge in [-0.25, -0.2) is 4.98 Å². The van der Waals surface area contributed by atoms with Crippen LogP contribution in [0.2, 0.25) is 0 Å². The highest BCUT2D eigenvalue weighted by molar-refractivity contribution is 5.94. The van der Waals surface area contributed by atoms with Crippen molar-refractivity contribution in [3.63, 3.8) is 0 Å². The van der Waals surface area contributed by atoms with Gasteiger partial charge in [0.25, 0.3) is 5.91 Å². The molecule has 1 fully saturated rings. The summed E-state index contributed by atoms with van der Waals surface area (Å²) in [6.07, 6.45) is 5.36. The van der Waals surface area contributed by atoms with E-state index in [1.54, 1.807) is 12.4 Å². The molecule has 1 atom stereocenters. The second-order valence-electron chi connectivity index (χ2n) is 6.67. The lowest BCUT2D eigenvalue weighted by molar-refractivity contribution is 0.0732. The fourth-order valence-corrected chi connectivity index (χ4v) is 3.26. The first-order valence-corrected chi connectivity index (χ1v) is 8.63. The number of aromatic nitrogens is 2. The number of rotatable bonds is 5. The normalized spacial score (nSPS) is 17.1. The smallest absolute Gasteiger partial charge is 0.254 e. The average molecular weight is 339 g/mol. The predicted molar refractivity (Wildman–Crippen MR) is 98.4 cm³/mol. The van der Waals surface area contributed by atoms with Gasteiger partial charge in [0, 0.05) is 25.7 Å². The lowest BCUT2D eigenvalue weighted by Crippen LogP contribution is -2.31. The van der Waals surface area contributed by atoms with E-state index in [1.807, 2.05) is 50.3 Å². The minimum atomic E-state index is -0.00486. The van der Waals surface area contributed by atoms with Crippen LogP contribution in [0.1, 0.15) is 40.5 Å². The average Bonchev–Trinajstić information content (AvgIpc) is 3.11. The van der Waals surface area contributed by atoms with Crippen molar-refractivity contribution in [2.75, 3.05) is 33.0 Å². The van der Waals surface area contributed by atoms with E-state index >= 15 is 0 Å². The first-order valence-electron chi connectivity index (χ1n) is 8.63. The predicted octanol–water partition coefficient (Wildman–Crippen LogP) is 2.56. The largest absolute Gasteiger partial charge is 0.372 e. The van der Waals surface area contributed by atoms with Crippen molar-refractivity contribution in [1.82, 2.24) is 19.8 Å². The zero-order chi connectivity index (χ0) is 17.8. The lowest BCUT2D eigenvalue weighted by atomic mass is 10.1. The molecule has 1 aliphatic rings. The van der Waals surface area contributed by atoms with Crippen LogP contribution in [-0.4, -0.2) is 53.4 Å². The molecule has 3 rings (SSSR count). The van der Waals surface area contributed by atoms with Crippen LogP contribution in [0, 0.1) is 0 Å². The summed E-state index contributed by atoms with van der Waals surface area (Å²) >= 11 is 0. The molecule has 2 aromatic rings. The zero-order valence-electron chi connectivity index (χ0n) is 15.1. The molecule has 0 spiro atoms. The third-order valence-electron chi connectivity index (χ3n) is 4.46. The number of nitrogens with one attached hydrogen (secondary N) is 1. The van der Waals surface area contributed by atoms with Gasteiger partial charge in [0.1, 0.15) is 5.82 Å². The van der Waals surface area contributed by atoms with Gasteiger partial charge < -0.3 is 15.1 Å². The second-order valence-corrected chi connectivity index (χ2v) is 6.67. The van der Waals surface area contributed by atoms with Gasteiger partial charge in [-0.2, -0.15) is 0 Å². The molecular formula is C19H25N5O. The van der Waals surface area contributed by atoms with Crippen LogP contribution in [0.3, 0.4) is 0 Å². The summed E-state index contributed by atoms with van der Waals surface area (Å²) in [5, 5.41) is 3.01. The number of benzene rings is 1. The molecule has 6 nitrogen and oxygen atoms in total. The highest BCUT2D eigenvalue weighted by Gasteiger charge is 2.31. The SMILES string of the molecule is CNc1cncc([C@H]2CCCN2C(=O)c2ccc(CN(C)C)cc2)n1. The van der Waals surface area contributed by atoms with E-state index in [-0.39, 0.29) is 11.9 Å². The minimum Gasteiger partial charge on any atom is -0.372 e. The molecule has 132 valence electrons. The minimum absolute atomic E-state index is 0.00486. The summed E-state index contributed by atoms with van der Waals surface area (Å²) in [6, 6.07) is 7.90. The Labute approximate surface area is 148 Å². The van der Waals surface area contributed by atoms with Crippen LogP contribution < -0.4 is 5.32 Å². The Hall–Kier alpha value is -2.47. The number of hydrogen-bond acceptors (Lipinski definition) is 5. The van der Waals surface area contributed by atoms with E-state index in [1.165, 1.54) is 5.56 Å². The third kappa shape index (κ3) is 3.96. The molecule has 1 N–H and O–H groups in total. The maximum atomic E-state index is 13.0. The second kappa shape index (κ2) is 7.61. The standard InChI is InChI=1S/C19H25N5O/c1-20-18-12-21-11-16(22-18)17-5-4-10-24(17)19(25)15-8-6-14(7-9-15)13-23(2)3/h6-9,11-12,17H,4-5,10,13H2,1-3H3,(H,20,22)/t17-/m1/s1. The first-order chi connectivity index (χ1) is 12.1. The Morgan fingerprint density at radius 2 is 2.04 bits per heavy atom. The number of hydrogen-bond donors (Lipinski definition) is 1. The van der Waals surface area contributed by atoms with Gasteiger partial charge in [-0.15, -0.1) is 0 Å². The molecule has 1 aromatic carbocycles. The first kappa shape index (κ1) is 17.4. The Bertz CT molecular complexity index is 729. The zero-order valence-corrected chi connectivity index (χ0v) is 15.1. The van der Waals surface area contributed by atoms with Crippen molar-refractivity contribution in [3.8, 4) is 0 Å². The van der Waals surface area contributed by atoms with Gasteiger partial charge >= 0.3 is 0 Å². The van der Waals surface area contributed by atoms with Gasteiger partial charge in [-0.05, 0) is 44.6 Å². The number of amides is 1. The fraction of sp³-hybridized carbons (Fsp3) is 0.421. The molecule has 0 saturated carbocycles. The summed E-state index contributed by atoms with van der Waals surface area (Å²) in [5.74, 6) is 0.792. The van der Waals surface area contributed by atoms with E-state index in [9.17, 15) is 4.79 Å². The van der Waals surface area contributed by atoms with E-state index in [4.69, 9.17) is 0 Å². The summed E-state index contributed by atoms with van der Waals surface area (Å²) < 4.78 is 0. The molecular weight excluding hydrogens is 314 g/mol. The fourth-order valence-electron chi connectivity index (χ4n) is 3.26. The lowest BCUT2D eigenvalue weighted by Gasteiger charge is -2.24. The number of carbonyl (C=O) groups is 1. The van der Waals surface area contributed by atoms with Crippen molar-refractivity contribution in [1.29, 1.82) is 0 Å². The van der Waals surface area contributed by atoms with E-state index in [0.717, 1.165) is 43.0 Å². The number of carbonyl (C=O) groups excluding carboxylic acids is 1. The monoisotopic (exact) mass is 339 g/mol. The van der Waals surface area contributed by atoms with Crippen molar-refractivity contribution >= 4 is 11.7 Å². The van der Waals surface area contributed by atoms with Crippen molar-refractivity contribution < 1.29 is 4.79 Å². The number of nitrogens with zero attached hydrogens (tertiary/aromatic N) is 4. The topological polar surface area (TPSA) is 61.4 Å². The maximum Gasteiger partial charge on any atom is 0.254 e. The highest BCUT2D eigenvalue weighted by Crippen LogP contribution is 2.32. The molecule has 0 radical (unpaired) electrons. The molecule has 1 saturated heterocycles. The molecule has 0 aliphatic carbocycles. The Morgan fingerprint density at radius 3 is 2.72 bits per heavy atom. The molecule has 0 bridgehead atoms. The van der Waals surface area contributed by atoms with Crippen LogP contribution in [0.15, 0.2) is 36.7 Å². The quantitative estimate of drug-likeness (QED) is 0.907. The van der Waals surface area contributed by atoms with Gasteiger partial charge in [0.15, 0.2) is 0 Å². The molecule has 1 aliphatic heterocycles. The van der Waals surface area contributed by atoms with Crippen LogP contribution in [0.4, 0.5) is 5.82 Å². The van der Waals surface area contributed by atoms with Crippen LogP contribution in [0.5, 0.6) is 0 Å². The van der Waals surface area contributed by atoms with Crippen LogP contribution in [0.25, 0.3) is 0 Å². The van der Waals surface area contributed by atoms with E-state index < -0.39 is 0 Å². The Morgan fingerprint density at radius 1 is 1.28 bits per heavy atom. The summed E-state index contributed by atoms with van der Waals surface area (Å²) in [5.41, 5.74) is 2.78. The third-order valence-corrected chi connectivity index (χ3v) is 4.46. The van der Waals surface area contributed by atoms with Crippen LogP contribution >= 0.6 is 0 Å². The molecule has 6 heteroatoms. The molecule has 25 heavy (non-hydrogen) atoms. The Kier molecular flexibility index (Phi) is 5.28. The molecule has 1 amide bonds. The van der Waals surface area contributed by atoms with E-state index in [0.29, 0.717) is 0 Å². The molecule has 1 aromatic heterocycles. The molecule has 2 heterocycles. The summed E-state index contributed by atoms with van der Waals surface area (Å²) in [4.78, 5) is 25.8. The maximum absolute atomic E-state index is 13.0. The van der Waals surface area contributed by atoms with Crippen LogP contribution in [-0.2, 0) is 6.54 Å². The molecule has 0 unspecified atom stereocenters. The summed E-state index contributed by atoms with van der Waals surface area (Å²) in [7, 11) is 5.89. The van der Waals surface area contributed by atoms with E-state index in [2.05, 4.69) is 20.2 Å². The highest BCUT2D eigenvalue weighted by atomic mass is 16.2. The van der Waals surface area contributed by atoms with Gasteiger partial charge in [-0.3, -0.25) is 9.78 Å².